The normalized spacial score (nSPS) is 24.1. The van der Waals surface area contributed by atoms with Crippen LogP contribution in [-0.4, -0.2) is 59.6 Å². The van der Waals surface area contributed by atoms with Crippen LogP contribution >= 0.6 is 0 Å². The minimum absolute atomic E-state index is 0.0726. The Morgan fingerprint density at radius 1 is 1.15 bits per heavy atom. The monoisotopic (exact) mass is 282 g/mol. The highest BCUT2D eigenvalue weighted by atomic mass is 16.3. The molecule has 20 heavy (non-hydrogen) atoms. The van der Waals surface area contributed by atoms with Crippen molar-refractivity contribution < 1.29 is 9.90 Å². The van der Waals surface area contributed by atoms with Crippen molar-refractivity contribution in [1.29, 1.82) is 0 Å². The van der Waals surface area contributed by atoms with Gasteiger partial charge in [0, 0.05) is 38.6 Å². The number of aliphatic hydroxyl groups excluding tert-OH is 1. The van der Waals surface area contributed by atoms with Crippen LogP contribution in [0.15, 0.2) is 0 Å². The first-order valence-electron chi connectivity index (χ1n) is 8.07. The third-order valence-corrected chi connectivity index (χ3v) is 4.82. The quantitative estimate of drug-likeness (QED) is 0.857. The molecular formula is C16H30N2O2. The van der Waals surface area contributed by atoms with Crippen molar-refractivity contribution >= 4 is 5.91 Å². The number of hydrogen-bond donors (Lipinski definition) is 1. The van der Waals surface area contributed by atoms with Gasteiger partial charge < -0.3 is 10.0 Å². The molecule has 1 amide bonds. The van der Waals surface area contributed by atoms with Crippen LogP contribution in [-0.2, 0) is 4.79 Å². The van der Waals surface area contributed by atoms with E-state index in [-0.39, 0.29) is 11.5 Å². The van der Waals surface area contributed by atoms with E-state index in [0.29, 0.717) is 11.8 Å². The molecule has 1 aliphatic carbocycles. The Labute approximate surface area is 123 Å². The van der Waals surface area contributed by atoms with E-state index < -0.39 is 0 Å². The van der Waals surface area contributed by atoms with Crippen LogP contribution in [0.1, 0.15) is 46.5 Å². The van der Waals surface area contributed by atoms with E-state index in [1.54, 1.807) is 0 Å². The van der Waals surface area contributed by atoms with Crippen LogP contribution in [0.25, 0.3) is 0 Å². The van der Waals surface area contributed by atoms with Gasteiger partial charge in [0.05, 0.1) is 6.10 Å². The zero-order chi connectivity index (χ0) is 14.8. The fourth-order valence-electron chi connectivity index (χ4n) is 3.10. The molecule has 0 bridgehead atoms. The van der Waals surface area contributed by atoms with Crippen molar-refractivity contribution in [1.82, 2.24) is 9.80 Å². The largest absolute Gasteiger partial charge is 0.391 e. The second kappa shape index (κ2) is 6.44. The lowest BCUT2D eigenvalue weighted by atomic mass is 9.89. The van der Waals surface area contributed by atoms with E-state index in [1.807, 2.05) is 4.90 Å². The highest BCUT2D eigenvalue weighted by molar-refractivity contribution is 5.79. The number of rotatable bonds is 3. The first-order chi connectivity index (χ1) is 9.38. The van der Waals surface area contributed by atoms with Gasteiger partial charge >= 0.3 is 0 Å². The van der Waals surface area contributed by atoms with Gasteiger partial charge in [0.2, 0.25) is 5.91 Å². The molecule has 116 valence electrons. The summed E-state index contributed by atoms with van der Waals surface area (Å²) >= 11 is 0. The zero-order valence-corrected chi connectivity index (χ0v) is 13.3. The molecule has 0 aromatic carbocycles. The number of amides is 1. The summed E-state index contributed by atoms with van der Waals surface area (Å²) in [7, 11) is 0. The zero-order valence-electron chi connectivity index (χ0n) is 13.3. The Bertz CT molecular complexity index is 324. The Kier molecular flexibility index (Phi) is 5.08. The number of β-amino-alcohol motifs (C(OH)–C–C–N with tert-alkyl or cyclic N) is 1. The van der Waals surface area contributed by atoms with Crippen molar-refractivity contribution in [2.45, 2.75) is 52.6 Å². The number of carbonyl (C=O) groups is 1. The number of hydrogen-bond acceptors (Lipinski definition) is 3. The maximum absolute atomic E-state index is 12.3. The second-order valence-electron chi connectivity index (χ2n) is 7.49. The molecule has 0 radical (unpaired) electrons. The number of aliphatic hydroxyl groups is 1. The summed E-state index contributed by atoms with van der Waals surface area (Å²) in [6.45, 7) is 10.4. The Morgan fingerprint density at radius 2 is 1.70 bits per heavy atom. The molecular weight excluding hydrogens is 252 g/mol. The summed E-state index contributed by atoms with van der Waals surface area (Å²) in [4.78, 5) is 16.7. The van der Waals surface area contributed by atoms with Gasteiger partial charge in [-0.05, 0) is 18.3 Å². The first-order valence-corrected chi connectivity index (χ1v) is 8.07. The van der Waals surface area contributed by atoms with Crippen molar-refractivity contribution in [3.05, 3.63) is 0 Å². The van der Waals surface area contributed by atoms with Gasteiger partial charge in [0.25, 0.3) is 0 Å². The lowest BCUT2D eigenvalue weighted by Crippen LogP contribution is -2.52. The molecule has 1 saturated heterocycles. The molecule has 1 saturated carbocycles. The minimum Gasteiger partial charge on any atom is -0.391 e. The summed E-state index contributed by atoms with van der Waals surface area (Å²) in [5.74, 6) is 0.667. The molecule has 4 nitrogen and oxygen atoms in total. The SMILES string of the molecule is CC(C)(C)[C@@H](O)CN1CCN(C(=O)C2CCCC2)CC1. The van der Waals surface area contributed by atoms with Gasteiger partial charge in [-0.3, -0.25) is 9.69 Å². The second-order valence-corrected chi connectivity index (χ2v) is 7.49. The van der Waals surface area contributed by atoms with Gasteiger partial charge in [-0.25, -0.2) is 0 Å². The average Bonchev–Trinajstić information content (AvgIpc) is 2.91. The third kappa shape index (κ3) is 3.95. The van der Waals surface area contributed by atoms with Crippen LogP contribution in [0.2, 0.25) is 0 Å². The van der Waals surface area contributed by atoms with E-state index in [0.717, 1.165) is 45.6 Å². The van der Waals surface area contributed by atoms with Crippen molar-refractivity contribution in [2.24, 2.45) is 11.3 Å². The Balaban J connectivity index is 1.76. The summed E-state index contributed by atoms with van der Waals surface area (Å²) in [5, 5.41) is 10.2. The predicted octanol–water partition coefficient (Wildman–Crippen LogP) is 1.73. The molecule has 0 aromatic rings. The van der Waals surface area contributed by atoms with Gasteiger partial charge in [-0.1, -0.05) is 33.6 Å². The molecule has 0 aromatic heterocycles. The van der Waals surface area contributed by atoms with E-state index in [9.17, 15) is 9.90 Å². The molecule has 2 aliphatic rings. The standard InChI is InChI=1S/C16H30N2O2/c1-16(2,3)14(19)12-17-8-10-18(11-9-17)15(20)13-6-4-5-7-13/h13-14,19H,4-12H2,1-3H3/t14-/m0/s1. The molecule has 2 fully saturated rings. The molecule has 4 heteroatoms. The van der Waals surface area contributed by atoms with Crippen molar-refractivity contribution in [3.63, 3.8) is 0 Å². The van der Waals surface area contributed by atoms with Gasteiger partial charge in [-0.2, -0.15) is 0 Å². The lowest BCUT2D eigenvalue weighted by molar-refractivity contribution is -0.137. The Hall–Kier alpha value is -0.610. The molecule has 1 atom stereocenters. The maximum Gasteiger partial charge on any atom is 0.225 e. The molecule has 1 heterocycles. The van der Waals surface area contributed by atoms with Crippen LogP contribution < -0.4 is 0 Å². The van der Waals surface area contributed by atoms with E-state index in [1.165, 1.54) is 12.8 Å². The fraction of sp³-hybridized carbons (Fsp3) is 0.938. The summed E-state index contributed by atoms with van der Waals surface area (Å²) in [6.07, 6.45) is 4.30. The Morgan fingerprint density at radius 3 is 2.20 bits per heavy atom. The van der Waals surface area contributed by atoms with Crippen LogP contribution in [0.3, 0.4) is 0 Å². The summed E-state index contributed by atoms with van der Waals surface area (Å²) < 4.78 is 0. The lowest BCUT2D eigenvalue weighted by Gasteiger charge is -2.38. The summed E-state index contributed by atoms with van der Waals surface area (Å²) in [6, 6.07) is 0. The molecule has 0 spiro atoms. The van der Waals surface area contributed by atoms with Crippen LogP contribution in [0.5, 0.6) is 0 Å². The fourth-order valence-corrected chi connectivity index (χ4v) is 3.10. The number of carbonyl (C=O) groups excluding carboxylic acids is 1. The van der Waals surface area contributed by atoms with Crippen LogP contribution in [0.4, 0.5) is 0 Å². The van der Waals surface area contributed by atoms with Gasteiger partial charge in [0.1, 0.15) is 0 Å². The smallest absolute Gasteiger partial charge is 0.225 e. The van der Waals surface area contributed by atoms with Crippen molar-refractivity contribution in [2.75, 3.05) is 32.7 Å². The summed E-state index contributed by atoms with van der Waals surface area (Å²) in [5.41, 5.74) is -0.0726. The minimum atomic E-state index is -0.306. The third-order valence-electron chi connectivity index (χ3n) is 4.82. The highest BCUT2D eigenvalue weighted by Gasteiger charge is 2.31. The van der Waals surface area contributed by atoms with Crippen molar-refractivity contribution in [3.8, 4) is 0 Å². The molecule has 2 rings (SSSR count). The van der Waals surface area contributed by atoms with Gasteiger partial charge in [0.15, 0.2) is 0 Å². The van der Waals surface area contributed by atoms with Gasteiger partial charge in [-0.15, -0.1) is 0 Å². The number of piperazine rings is 1. The van der Waals surface area contributed by atoms with E-state index in [4.69, 9.17) is 0 Å². The van der Waals surface area contributed by atoms with E-state index >= 15 is 0 Å². The van der Waals surface area contributed by atoms with E-state index in [2.05, 4.69) is 25.7 Å². The van der Waals surface area contributed by atoms with Crippen LogP contribution in [0, 0.1) is 11.3 Å². The average molecular weight is 282 g/mol. The topological polar surface area (TPSA) is 43.8 Å². The maximum atomic E-state index is 12.3. The molecule has 1 aliphatic heterocycles. The molecule has 1 N–H and O–H groups in total. The first kappa shape index (κ1) is 15.8. The number of nitrogens with zero attached hydrogens (tertiary/aromatic N) is 2. The molecule has 0 unspecified atom stereocenters. The predicted molar refractivity (Wildman–Crippen MR) is 80.4 cm³/mol. The highest BCUT2D eigenvalue weighted by Crippen LogP contribution is 2.27.